The van der Waals surface area contributed by atoms with E-state index in [0.717, 1.165) is 0 Å². The molecule has 0 rings (SSSR count). The third-order valence-corrected chi connectivity index (χ3v) is 0.909. The summed E-state index contributed by atoms with van der Waals surface area (Å²) in [4.78, 5) is 9.71. The molecule has 0 aromatic heterocycles. The summed E-state index contributed by atoms with van der Waals surface area (Å²) in [5.41, 5.74) is 0. The van der Waals surface area contributed by atoms with E-state index >= 15 is 0 Å². The van der Waals surface area contributed by atoms with E-state index in [9.17, 15) is 9.18 Å². The summed E-state index contributed by atoms with van der Waals surface area (Å²) in [7, 11) is 0. The minimum Gasteiger partial charge on any atom is -0.258 e. The molecule has 4 heteroatoms. The van der Waals surface area contributed by atoms with Crippen LogP contribution in [-0.4, -0.2) is 17.3 Å². The molecule has 50 valence electrons. The Morgan fingerprint density at radius 3 is 2.67 bits per heavy atom. The molecule has 0 aromatic rings. The van der Waals surface area contributed by atoms with Crippen molar-refractivity contribution >= 4 is 29.2 Å². The number of hydrogen-bond donors (Lipinski definition) is 0. The van der Waals surface area contributed by atoms with Crippen LogP contribution in [0.25, 0.3) is 0 Å². The standard InChI is InChI=1S/C5H3Cl2FO/c6-3-1-2-4(7)5(8)9/h4H,3H2. The van der Waals surface area contributed by atoms with E-state index in [-0.39, 0.29) is 5.88 Å². The van der Waals surface area contributed by atoms with Crippen molar-refractivity contribution in [3.63, 3.8) is 0 Å². The Balaban J connectivity index is 3.75. The SMILES string of the molecule is O=C(F)C(Cl)C#CCCl. The highest BCUT2D eigenvalue weighted by molar-refractivity contribution is 6.32. The van der Waals surface area contributed by atoms with Gasteiger partial charge < -0.3 is 0 Å². The van der Waals surface area contributed by atoms with E-state index in [1.54, 1.807) is 0 Å². The maximum Gasteiger partial charge on any atom is 0.331 e. The van der Waals surface area contributed by atoms with Crippen molar-refractivity contribution in [1.82, 2.24) is 0 Å². The lowest BCUT2D eigenvalue weighted by Crippen LogP contribution is -2.04. The number of halogens is 3. The maximum atomic E-state index is 11.5. The Hall–Kier alpha value is -0.260. The van der Waals surface area contributed by atoms with E-state index in [1.165, 1.54) is 0 Å². The highest BCUT2D eigenvalue weighted by atomic mass is 35.5. The smallest absolute Gasteiger partial charge is 0.258 e. The van der Waals surface area contributed by atoms with Gasteiger partial charge in [-0.25, -0.2) is 0 Å². The number of rotatable bonds is 1. The summed E-state index contributed by atoms with van der Waals surface area (Å²) in [6.45, 7) is 0. The molecule has 0 radical (unpaired) electrons. The zero-order chi connectivity index (χ0) is 7.28. The molecule has 0 bridgehead atoms. The van der Waals surface area contributed by atoms with Gasteiger partial charge in [0, 0.05) is 0 Å². The third kappa shape index (κ3) is 4.26. The van der Waals surface area contributed by atoms with Gasteiger partial charge in [0.1, 0.15) is 0 Å². The molecule has 0 amide bonds. The molecule has 0 aliphatic carbocycles. The van der Waals surface area contributed by atoms with E-state index in [1.807, 2.05) is 0 Å². The van der Waals surface area contributed by atoms with Crippen LogP contribution in [0.5, 0.6) is 0 Å². The lowest BCUT2D eigenvalue weighted by Gasteiger charge is -1.85. The summed E-state index contributed by atoms with van der Waals surface area (Å²) < 4.78 is 11.5. The molecule has 0 aliphatic heterocycles. The van der Waals surface area contributed by atoms with E-state index in [4.69, 9.17) is 23.2 Å². The van der Waals surface area contributed by atoms with Gasteiger partial charge in [0.15, 0.2) is 5.38 Å². The molecular weight excluding hydrogens is 166 g/mol. The van der Waals surface area contributed by atoms with Gasteiger partial charge in [-0.15, -0.1) is 11.6 Å². The van der Waals surface area contributed by atoms with Crippen molar-refractivity contribution in [2.45, 2.75) is 5.38 Å². The van der Waals surface area contributed by atoms with Crippen LogP contribution in [0.2, 0.25) is 0 Å². The van der Waals surface area contributed by atoms with Crippen LogP contribution in [0, 0.1) is 11.8 Å². The fourth-order valence-electron chi connectivity index (χ4n) is 0.185. The van der Waals surface area contributed by atoms with Crippen molar-refractivity contribution in [3.8, 4) is 11.8 Å². The minimum atomic E-state index is -1.64. The molecule has 0 N–H and O–H groups in total. The molecule has 0 fully saturated rings. The third-order valence-electron chi connectivity index (χ3n) is 0.495. The van der Waals surface area contributed by atoms with Crippen molar-refractivity contribution in [1.29, 1.82) is 0 Å². The van der Waals surface area contributed by atoms with Gasteiger partial charge in [-0.1, -0.05) is 23.4 Å². The summed E-state index contributed by atoms with van der Waals surface area (Å²) in [5.74, 6) is 4.39. The van der Waals surface area contributed by atoms with Gasteiger partial charge >= 0.3 is 6.04 Å². The van der Waals surface area contributed by atoms with Crippen LogP contribution >= 0.6 is 23.2 Å². The van der Waals surface area contributed by atoms with Crippen LogP contribution in [-0.2, 0) is 4.79 Å². The second kappa shape index (κ2) is 4.60. The first-order valence-corrected chi connectivity index (χ1v) is 3.03. The predicted octanol–water partition coefficient (Wildman–Crippen LogP) is 1.33. The second-order valence-electron chi connectivity index (χ2n) is 1.12. The topological polar surface area (TPSA) is 17.1 Å². The first kappa shape index (κ1) is 8.74. The predicted molar refractivity (Wildman–Crippen MR) is 34.3 cm³/mol. The Morgan fingerprint density at radius 1 is 1.78 bits per heavy atom. The van der Waals surface area contributed by atoms with Gasteiger partial charge in [-0.05, 0) is 0 Å². The van der Waals surface area contributed by atoms with Crippen LogP contribution in [0.4, 0.5) is 4.39 Å². The molecule has 0 saturated heterocycles. The first-order valence-electron chi connectivity index (χ1n) is 2.06. The van der Waals surface area contributed by atoms with E-state index in [2.05, 4.69) is 11.8 Å². The van der Waals surface area contributed by atoms with Crippen LogP contribution in [0.1, 0.15) is 0 Å². The average Bonchev–Trinajstić information content (AvgIpc) is 1.82. The second-order valence-corrected chi connectivity index (χ2v) is 1.83. The quantitative estimate of drug-likeness (QED) is 0.328. The number of carbonyl (C=O) groups is 1. The number of carbonyl (C=O) groups excluding carboxylic acids is 1. The van der Waals surface area contributed by atoms with Crippen LogP contribution in [0.3, 0.4) is 0 Å². The van der Waals surface area contributed by atoms with E-state index in [0.29, 0.717) is 0 Å². The average molecular weight is 169 g/mol. The minimum absolute atomic E-state index is 0.0521. The Morgan fingerprint density at radius 2 is 2.33 bits per heavy atom. The first-order chi connectivity index (χ1) is 4.18. The molecule has 0 aromatic carbocycles. The van der Waals surface area contributed by atoms with Crippen LogP contribution < -0.4 is 0 Å². The summed E-state index contributed by atoms with van der Waals surface area (Å²) in [6, 6.07) is -1.64. The van der Waals surface area contributed by atoms with Crippen molar-refractivity contribution in [2.75, 3.05) is 5.88 Å². The summed E-state index contributed by atoms with van der Waals surface area (Å²) in [5, 5.41) is -1.36. The van der Waals surface area contributed by atoms with Gasteiger partial charge in [0.05, 0.1) is 5.88 Å². The molecule has 9 heavy (non-hydrogen) atoms. The van der Waals surface area contributed by atoms with Gasteiger partial charge in [0.2, 0.25) is 0 Å². The number of alkyl halides is 2. The van der Waals surface area contributed by atoms with Crippen molar-refractivity contribution in [2.24, 2.45) is 0 Å². The number of hydrogen-bond acceptors (Lipinski definition) is 1. The summed E-state index contributed by atoms with van der Waals surface area (Å²) >= 11 is 10.1. The molecule has 1 atom stereocenters. The molecular formula is C5H3Cl2FO. The maximum absolute atomic E-state index is 11.5. The van der Waals surface area contributed by atoms with Crippen molar-refractivity contribution < 1.29 is 9.18 Å². The Labute approximate surface area is 62.1 Å². The zero-order valence-electron chi connectivity index (χ0n) is 4.33. The fourth-order valence-corrected chi connectivity index (χ4v) is 0.339. The lowest BCUT2D eigenvalue weighted by atomic mass is 10.4. The van der Waals surface area contributed by atoms with Crippen LogP contribution in [0.15, 0.2) is 0 Å². The molecule has 1 nitrogen and oxygen atoms in total. The highest BCUT2D eigenvalue weighted by Gasteiger charge is 2.08. The van der Waals surface area contributed by atoms with E-state index < -0.39 is 11.4 Å². The Kier molecular flexibility index (Phi) is 4.47. The molecule has 0 heterocycles. The molecule has 0 saturated carbocycles. The molecule has 0 spiro atoms. The largest absolute Gasteiger partial charge is 0.331 e. The Bertz CT molecular complexity index is 158. The highest BCUT2D eigenvalue weighted by Crippen LogP contribution is 1.95. The normalized spacial score (nSPS) is 11.4. The monoisotopic (exact) mass is 168 g/mol. The van der Waals surface area contributed by atoms with Gasteiger partial charge in [0.25, 0.3) is 0 Å². The van der Waals surface area contributed by atoms with Gasteiger partial charge in [-0.3, -0.25) is 4.79 Å². The fraction of sp³-hybridized carbons (Fsp3) is 0.400. The van der Waals surface area contributed by atoms with Gasteiger partial charge in [-0.2, -0.15) is 4.39 Å². The van der Waals surface area contributed by atoms with Crippen molar-refractivity contribution in [3.05, 3.63) is 0 Å². The molecule has 0 aliphatic rings. The lowest BCUT2D eigenvalue weighted by molar-refractivity contribution is -0.127. The molecule has 1 unspecified atom stereocenters. The summed E-state index contributed by atoms with van der Waals surface area (Å²) in [6.07, 6.45) is 0. The zero-order valence-corrected chi connectivity index (χ0v) is 5.84.